The largest absolute Gasteiger partial charge is 0.481 e. The molecule has 2 bridgehead atoms. The van der Waals surface area contributed by atoms with Crippen molar-refractivity contribution in [2.24, 2.45) is 0 Å². The number of pyridine rings is 1. The molecule has 4 N–H and O–H groups in total. The summed E-state index contributed by atoms with van der Waals surface area (Å²) in [5.41, 5.74) is 1.10. The van der Waals surface area contributed by atoms with Crippen molar-refractivity contribution < 1.29 is 44.3 Å². The van der Waals surface area contributed by atoms with Gasteiger partial charge in [0.15, 0.2) is 0 Å². The molecule has 2 atom stereocenters. The number of rotatable bonds is 10. The molecule has 1 aliphatic heterocycles. The molecule has 0 spiro atoms. The van der Waals surface area contributed by atoms with Crippen LogP contribution in [0.15, 0.2) is 18.2 Å². The van der Waals surface area contributed by atoms with Crippen molar-refractivity contribution in [1.29, 1.82) is 0 Å². The van der Waals surface area contributed by atoms with Crippen LogP contribution < -0.4 is 0 Å². The van der Waals surface area contributed by atoms with E-state index in [-0.39, 0.29) is 65.1 Å². The highest BCUT2D eigenvalue weighted by atomic mass is 16.5. The number of aromatic nitrogens is 1. The van der Waals surface area contributed by atoms with Crippen molar-refractivity contribution in [1.82, 2.24) is 14.8 Å². The predicted molar refractivity (Wildman–Crippen MR) is 112 cm³/mol. The summed E-state index contributed by atoms with van der Waals surface area (Å²) in [6.45, 7) is 1.02. The second-order valence-electron chi connectivity index (χ2n) is 7.75. The smallest absolute Gasteiger partial charge is 0.320 e. The maximum absolute atomic E-state index is 11.8. The van der Waals surface area contributed by atoms with Gasteiger partial charge in [0.25, 0.3) is 0 Å². The summed E-state index contributed by atoms with van der Waals surface area (Å²) in [4.78, 5) is 53.3. The van der Waals surface area contributed by atoms with Crippen LogP contribution in [-0.2, 0) is 37.0 Å². The molecular weight excluding hydrogens is 438 g/mol. The highest BCUT2D eigenvalue weighted by Crippen LogP contribution is 2.16. The van der Waals surface area contributed by atoms with Crippen molar-refractivity contribution in [3.05, 3.63) is 29.6 Å². The third-order valence-electron chi connectivity index (χ3n) is 5.36. The lowest BCUT2D eigenvalue weighted by Gasteiger charge is -2.31. The molecule has 0 saturated carbocycles. The monoisotopic (exact) mass is 467 g/mol. The van der Waals surface area contributed by atoms with Crippen LogP contribution in [0.1, 0.15) is 37.1 Å². The molecule has 0 saturated heterocycles. The van der Waals surface area contributed by atoms with Gasteiger partial charge in [0.05, 0.1) is 24.6 Å². The molecular formula is C21H29N3O9. The Morgan fingerprint density at radius 1 is 0.818 bits per heavy atom. The highest BCUT2D eigenvalue weighted by Gasteiger charge is 2.29. The average Bonchev–Trinajstić information content (AvgIpc) is 2.71. The number of hydrogen-bond donors (Lipinski definition) is 4. The zero-order valence-corrected chi connectivity index (χ0v) is 18.1. The number of aliphatic carboxylic acids is 4. The van der Waals surface area contributed by atoms with Gasteiger partial charge in [0, 0.05) is 39.0 Å². The molecule has 182 valence electrons. The SMILES string of the molecule is O=C(O)CC[C@H](C(=O)O)N1CCOCCN([C@@H](CCC(=O)O)C(=O)O)Cc2cccc(n2)C1. The van der Waals surface area contributed by atoms with Gasteiger partial charge in [0.2, 0.25) is 0 Å². The van der Waals surface area contributed by atoms with E-state index in [0.717, 1.165) is 0 Å². The Morgan fingerprint density at radius 2 is 1.24 bits per heavy atom. The zero-order chi connectivity index (χ0) is 24.4. The summed E-state index contributed by atoms with van der Waals surface area (Å²) in [6, 6.07) is 3.10. The van der Waals surface area contributed by atoms with Crippen molar-refractivity contribution in [2.75, 3.05) is 26.3 Å². The topological polar surface area (TPSA) is 178 Å². The van der Waals surface area contributed by atoms with Gasteiger partial charge in [-0.1, -0.05) is 6.07 Å². The van der Waals surface area contributed by atoms with Gasteiger partial charge < -0.3 is 25.2 Å². The van der Waals surface area contributed by atoms with Crippen LogP contribution in [0, 0.1) is 0 Å². The summed E-state index contributed by atoms with van der Waals surface area (Å²) in [6.07, 6.45) is -0.711. The molecule has 0 radical (unpaired) electrons. The fraction of sp³-hybridized carbons (Fsp3) is 0.571. The van der Waals surface area contributed by atoms with E-state index in [0.29, 0.717) is 11.4 Å². The number of nitrogens with zero attached hydrogens (tertiary/aromatic N) is 3. The van der Waals surface area contributed by atoms with Gasteiger partial charge in [-0.2, -0.15) is 0 Å². The molecule has 2 rings (SSSR count). The van der Waals surface area contributed by atoms with Gasteiger partial charge in [0.1, 0.15) is 12.1 Å². The van der Waals surface area contributed by atoms with E-state index in [1.807, 2.05) is 0 Å². The van der Waals surface area contributed by atoms with Gasteiger partial charge in [-0.05, 0) is 25.0 Å². The third kappa shape index (κ3) is 8.75. The molecule has 1 aromatic rings. The first kappa shape index (κ1) is 26.2. The van der Waals surface area contributed by atoms with Crippen LogP contribution in [-0.4, -0.2) is 97.5 Å². The van der Waals surface area contributed by atoms with E-state index in [1.54, 1.807) is 28.0 Å². The minimum atomic E-state index is -1.13. The molecule has 33 heavy (non-hydrogen) atoms. The van der Waals surface area contributed by atoms with Crippen LogP contribution in [0.25, 0.3) is 0 Å². The van der Waals surface area contributed by atoms with Gasteiger partial charge in [-0.25, -0.2) is 0 Å². The first-order chi connectivity index (χ1) is 15.7. The first-order valence-electron chi connectivity index (χ1n) is 10.6. The minimum absolute atomic E-state index is 0.0675. The Bertz CT molecular complexity index is 785. The highest BCUT2D eigenvalue weighted by molar-refractivity contribution is 5.75. The molecule has 0 unspecified atom stereocenters. The molecule has 0 aromatic carbocycles. The van der Waals surface area contributed by atoms with Crippen molar-refractivity contribution in [2.45, 2.75) is 50.9 Å². The second-order valence-corrected chi connectivity index (χ2v) is 7.75. The summed E-state index contributed by atoms with van der Waals surface area (Å²) in [5, 5.41) is 37.2. The Morgan fingerprint density at radius 3 is 1.61 bits per heavy atom. The second kappa shape index (κ2) is 12.8. The van der Waals surface area contributed by atoms with E-state index in [4.69, 9.17) is 14.9 Å². The Labute approximate surface area is 190 Å². The summed E-state index contributed by atoms with van der Waals surface area (Å²) < 4.78 is 5.62. The number of carboxylic acid groups (broad SMARTS) is 4. The van der Waals surface area contributed by atoms with Crippen molar-refractivity contribution >= 4 is 23.9 Å². The number of hydrogen-bond acceptors (Lipinski definition) is 8. The maximum Gasteiger partial charge on any atom is 0.320 e. The first-order valence-corrected chi connectivity index (χ1v) is 10.6. The van der Waals surface area contributed by atoms with E-state index in [1.165, 1.54) is 0 Å². The fourth-order valence-corrected chi connectivity index (χ4v) is 3.72. The quantitative estimate of drug-likeness (QED) is 0.372. The predicted octanol–water partition coefficient (Wildman–Crippen LogP) is 0.352. The van der Waals surface area contributed by atoms with E-state index >= 15 is 0 Å². The van der Waals surface area contributed by atoms with Crippen LogP contribution in [0.5, 0.6) is 0 Å². The molecule has 0 aliphatic carbocycles. The Kier molecular flexibility index (Phi) is 10.2. The molecule has 1 aliphatic rings. The maximum atomic E-state index is 11.8. The lowest BCUT2D eigenvalue weighted by Crippen LogP contribution is -2.45. The molecule has 2 heterocycles. The van der Waals surface area contributed by atoms with Crippen molar-refractivity contribution in [3.8, 4) is 0 Å². The molecule has 12 nitrogen and oxygen atoms in total. The van der Waals surface area contributed by atoms with E-state index in [9.17, 15) is 29.4 Å². The minimum Gasteiger partial charge on any atom is -0.481 e. The Balaban J connectivity index is 2.26. The van der Waals surface area contributed by atoms with Gasteiger partial charge in [-0.3, -0.25) is 34.0 Å². The third-order valence-corrected chi connectivity index (χ3v) is 5.36. The molecule has 0 fully saturated rings. The Hall–Kier alpha value is -3.09. The average molecular weight is 467 g/mol. The van der Waals surface area contributed by atoms with Crippen LogP contribution in [0.2, 0.25) is 0 Å². The molecule has 12 heteroatoms. The standard InChI is InChI=1S/C21H29N3O9/c25-18(26)6-4-16(20(29)30)23-8-10-33-11-9-24(17(21(31)32)5-7-19(27)28)13-15-3-1-2-14(12-23)22-15/h1-3,16-17H,4-13H2,(H,25,26)(H,27,28)(H,29,30)(H,31,32)/t16-,17+. The number of carbonyl (C=O) groups is 4. The normalized spacial score (nSPS) is 17.8. The molecule has 1 aromatic heterocycles. The van der Waals surface area contributed by atoms with Crippen LogP contribution in [0.4, 0.5) is 0 Å². The summed E-state index contributed by atoms with van der Waals surface area (Å²) in [5.74, 6) is -4.42. The lowest BCUT2D eigenvalue weighted by molar-refractivity contribution is -0.146. The number of fused-ring (bicyclic) bond motifs is 2. The van der Waals surface area contributed by atoms with Crippen LogP contribution >= 0.6 is 0 Å². The van der Waals surface area contributed by atoms with Crippen molar-refractivity contribution in [3.63, 3.8) is 0 Å². The van der Waals surface area contributed by atoms with Gasteiger partial charge in [-0.15, -0.1) is 0 Å². The van der Waals surface area contributed by atoms with E-state index < -0.39 is 36.0 Å². The lowest BCUT2D eigenvalue weighted by atomic mass is 10.1. The summed E-state index contributed by atoms with van der Waals surface area (Å²) in [7, 11) is 0. The number of ether oxygens (including phenoxy) is 1. The van der Waals surface area contributed by atoms with E-state index in [2.05, 4.69) is 4.98 Å². The number of carboxylic acids is 4. The fourth-order valence-electron chi connectivity index (χ4n) is 3.72. The summed E-state index contributed by atoms with van der Waals surface area (Å²) >= 11 is 0. The molecule has 0 amide bonds. The van der Waals surface area contributed by atoms with Crippen LogP contribution in [0.3, 0.4) is 0 Å². The van der Waals surface area contributed by atoms with Gasteiger partial charge >= 0.3 is 23.9 Å². The zero-order valence-electron chi connectivity index (χ0n) is 18.1.